The van der Waals surface area contributed by atoms with Crippen molar-refractivity contribution in [1.82, 2.24) is 5.06 Å². The molecule has 0 spiro atoms. The quantitative estimate of drug-likeness (QED) is 0.283. The molecule has 0 fully saturated rings. The second-order valence-corrected chi connectivity index (χ2v) is 1.02. The minimum atomic E-state index is -0.0278. The number of hydroxylamine groups is 2. The van der Waals surface area contributed by atoms with Crippen LogP contribution in [0.15, 0.2) is 0 Å². The zero-order valence-electron chi connectivity index (χ0n) is 4.50. The van der Waals surface area contributed by atoms with Gasteiger partial charge in [0.15, 0.2) is 0 Å². The van der Waals surface area contributed by atoms with E-state index in [-0.39, 0.29) is 6.54 Å². The number of hydrogen-bond donors (Lipinski definition) is 0. The normalized spacial score (nSPS) is 7.50. The van der Waals surface area contributed by atoms with E-state index in [0.29, 0.717) is 6.41 Å². The summed E-state index contributed by atoms with van der Waals surface area (Å²) in [6.07, 6.45) is 0.448. The Balaban J connectivity index is 3.40. The summed E-state index contributed by atoms with van der Waals surface area (Å²) in [5.41, 5.74) is 0. The number of carbonyl (C=O) groups is 1. The highest BCUT2D eigenvalue weighted by molar-refractivity contribution is 5.45. The first kappa shape index (κ1) is 6.92. The predicted molar refractivity (Wildman–Crippen MR) is 25.4 cm³/mol. The Kier molecular flexibility index (Phi) is 3.54. The zero-order valence-corrected chi connectivity index (χ0v) is 4.50. The van der Waals surface area contributed by atoms with E-state index in [2.05, 4.69) is 4.84 Å². The molecular weight excluding hydrogens is 108 g/mol. The predicted octanol–water partition coefficient (Wildman–Crippen LogP) is -0.470. The average molecular weight is 114 g/mol. The second kappa shape index (κ2) is 4.09. The van der Waals surface area contributed by atoms with Crippen molar-refractivity contribution in [2.24, 2.45) is 0 Å². The molecule has 0 aliphatic heterocycles. The molecule has 0 N–H and O–H groups in total. The fourth-order valence-electron chi connectivity index (χ4n) is 0.215. The molecule has 1 amide bonds. The van der Waals surface area contributed by atoms with Gasteiger partial charge in [0.25, 0.3) is 0 Å². The largest absolute Gasteiger partial charge is 0.276 e. The molecule has 0 aromatic rings. The highest BCUT2D eigenvalue weighted by atomic mass is 16.7. The monoisotopic (exact) mass is 114 g/mol. The van der Waals surface area contributed by atoms with Crippen LogP contribution in [0.2, 0.25) is 0 Å². The Morgan fingerprint density at radius 2 is 2.62 bits per heavy atom. The van der Waals surface area contributed by atoms with E-state index in [1.54, 1.807) is 6.07 Å². The van der Waals surface area contributed by atoms with Crippen molar-refractivity contribution >= 4 is 6.41 Å². The molecule has 0 radical (unpaired) electrons. The van der Waals surface area contributed by atoms with Gasteiger partial charge >= 0.3 is 0 Å². The molecule has 0 aliphatic carbocycles. The molecular formula is C4H6N2O2. The SMILES string of the molecule is CON(C=O)CC#N. The number of amides is 1. The molecule has 0 unspecified atom stereocenters. The maximum absolute atomic E-state index is 9.78. The minimum Gasteiger partial charge on any atom is -0.276 e. The molecule has 0 aromatic carbocycles. The lowest BCUT2D eigenvalue weighted by molar-refractivity contribution is -0.157. The summed E-state index contributed by atoms with van der Waals surface area (Å²) in [5, 5.41) is 8.86. The highest BCUT2D eigenvalue weighted by Crippen LogP contribution is 1.76. The number of nitriles is 1. The van der Waals surface area contributed by atoms with Gasteiger partial charge < -0.3 is 0 Å². The van der Waals surface area contributed by atoms with E-state index in [0.717, 1.165) is 5.06 Å². The van der Waals surface area contributed by atoms with E-state index in [4.69, 9.17) is 5.26 Å². The average Bonchev–Trinajstić information content (AvgIpc) is 1.83. The molecule has 8 heavy (non-hydrogen) atoms. The van der Waals surface area contributed by atoms with Crippen LogP contribution in [-0.2, 0) is 9.63 Å². The Bertz CT molecular complexity index is 107. The van der Waals surface area contributed by atoms with Crippen LogP contribution in [0.4, 0.5) is 0 Å². The lowest BCUT2D eigenvalue weighted by atomic mass is 10.7. The Hall–Kier alpha value is -1.08. The van der Waals surface area contributed by atoms with Gasteiger partial charge in [0.2, 0.25) is 6.41 Å². The lowest BCUT2D eigenvalue weighted by Crippen LogP contribution is -2.20. The number of nitrogens with zero attached hydrogens (tertiary/aromatic N) is 2. The number of hydrogen-bond acceptors (Lipinski definition) is 3. The van der Waals surface area contributed by atoms with Crippen LogP contribution in [0.5, 0.6) is 0 Å². The first-order chi connectivity index (χ1) is 3.85. The maximum Gasteiger partial charge on any atom is 0.234 e. The summed E-state index contributed by atoms with van der Waals surface area (Å²) in [4.78, 5) is 14.2. The molecule has 0 atom stereocenters. The van der Waals surface area contributed by atoms with Crippen LogP contribution in [0.25, 0.3) is 0 Å². The molecule has 44 valence electrons. The standard InChI is InChI=1S/C4H6N2O2/c1-8-6(4-7)3-2-5/h4H,3H2,1H3. The van der Waals surface area contributed by atoms with Crippen LogP contribution < -0.4 is 0 Å². The van der Waals surface area contributed by atoms with Gasteiger partial charge in [-0.1, -0.05) is 0 Å². The molecule has 0 saturated carbocycles. The first-order valence-corrected chi connectivity index (χ1v) is 1.98. The first-order valence-electron chi connectivity index (χ1n) is 1.98. The van der Waals surface area contributed by atoms with Crippen LogP contribution in [0.3, 0.4) is 0 Å². The van der Waals surface area contributed by atoms with Crippen molar-refractivity contribution in [2.75, 3.05) is 13.7 Å². The summed E-state index contributed by atoms with van der Waals surface area (Å²) in [6.45, 7) is -0.0278. The summed E-state index contributed by atoms with van der Waals surface area (Å²) < 4.78 is 0. The van der Waals surface area contributed by atoms with Gasteiger partial charge in [0.1, 0.15) is 6.54 Å². The van der Waals surface area contributed by atoms with Crippen LogP contribution in [0.1, 0.15) is 0 Å². The van der Waals surface area contributed by atoms with Gasteiger partial charge in [-0.3, -0.25) is 9.63 Å². The van der Waals surface area contributed by atoms with Crippen molar-refractivity contribution < 1.29 is 9.63 Å². The topological polar surface area (TPSA) is 53.3 Å². The fourth-order valence-corrected chi connectivity index (χ4v) is 0.215. The van der Waals surface area contributed by atoms with Crippen molar-refractivity contribution in [3.63, 3.8) is 0 Å². The minimum absolute atomic E-state index is 0.0278. The van der Waals surface area contributed by atoms with E-state index < -0.39 is 0 Å². The third-order valence-electron chi connectivity index (χ3n) is 0.579. The number of rotatable bonds is 3. The van der Waals surface area contributed by atoms with Gasteiger partial charge in [-0.15, -0.1) is 0 Å². The van der Waals surface area contributed by atoms with E-state index in [9.17, 15) is 4.79 Å². The molecule has 0 saturated heterocycles. The van der Waals surface area contributed by atoms with Gasteiger partial charge in [-0.05, 0) is 0 Å². The third-order valence-corrected chi connectivity index (χ3v) is 0.579. The maximum atomic E-state index is 9.78. The molecule has 4 heteroatoms. The zero-order chi connectivity index (χ0) is 6.41. The van der Waals surface area contributed by atoms with Crippen molar-refractivity contribution in [2.45, 2.75) is 0 Å². The van der Waals surface area contributed by atoms with Crippen molar-refractivity contribution in [3.8, 4) is 6.07 Å². The van der Waals surface area contributed by atoms with Crippen molar-refractivity contribution in [1.29, 1.82) is 5.26 Å². The number of carbonyl (C=O) groups excluding carboxylic acids is 1. The summed E-state index contributed by atoms with van der Waals surface area (Å²) in [5.74, 6) is 0. The fraction of sp³-hybridized carbons (Fsp3) is 0.500. The van der Waals surface area contributed by atoms with Crippen molar-refractivity contribution in [3.05, 3.63) is 0 Å². The van der Waals surface area contributed by atoms with Gasteiger partial charge in [-0.25, -0.2) is 5.06 Å². The van der Waals surface area contributed by atoms with Crippen LogP contribution in [0, 0.1) is 11.3 Å². The van der Waals surface area contributed by atoms with E-state index in [1.165, 1.54) is 7.11 Å². The second-order valence-electron chi connectivity index (χ2n) is 1.02. The van der Waals surface area contributed by atoms with E-state index in [1.807, 2.05) is 0 Å². The van der Waals surface area contributed by atoms with Gasteiger partial charge in [-0.2, -0.15) is 5.26 Å². The molecule has 0 aromatic heterocycles. The molecule has 0 aliphatic rings. The Morgan fingerprint density at radius 1 is 2.00 bits per heavy atom. The smallest absolute Gasteiger partial charge is 0.234 e. The lowest BCUT2D eigenvalue weighted by Gasteiger charge is -2.06. The van der Waals surface area contributed by atoms with Crippen LogP contribution in [-0.4, -0.2) is 25.1 Å². The Labute approximate surface area is 47.2 Å². The highest BCUT2D eigenvalue weighted by Gasteiger charge is 1.92. The summed E-state index contributed by atoms with van der Waals surface area (Å²) >= 11 is 0. The van der Waals surface area contributed by atoms with Gasteiger partial charge in [0.05, 0.1) is 13.2 Å². The molecule has 0 bridgehead atoms. The molecule has 4 nitrogen and oxygen atoms in total. The summed E-state index contributed by atoms with van der Waals surface area (Å²) in [7, 11) is 1.33. The third kappa shape index (κ3) is 2.16. The van der Waals surface area contributed by atoms with E-state index >= 15 is 0 Å². The Morgan fingerprint density at radius 3 is 2.75 bits per heavy atom. The summed E-state index contributed by atoms with van der Waals surface area (Å²) in [6, 6.07) is 1.74. The van der Waals surface area contributed by atoms with Gasteiger partial charge in [0, 0.05) is 0 Å². The van der Waals surface area contributed by atoms with Crippen LogP contribution >= 0.6 is 0 Å². The molecule has 0 heterocycles. The molecule has 0 rings (SSSR count).